The Hall–Kier alpha value is 0.349. The van der Waals surface area contributed by atoms with Gasteiger partial charge in [-0.05, 0) is 0 Å². The van der Waals surface area contributed by atoms with Crippen LogP contribution >= 0.6 is 0 Å². The van der Waals surface area contributed by atoms with E-state index in [0.29, 0.717) is 0 Å². The molecule has 4 N–H and O–H groups in total. The zero-order valence-electron chi connectivity index (χ0n) is 2.97. The van der Waals surface area contributed by atoms with Crippen LogP contribution in [-0.4, -0.2) is 23.0 Å². The minimum absolute atomic E-state index is 0. The molecule has 0 aliphatic heterocycles. The number of rotatable bonds is 0. The van der Waals surface area contributed by atoms with Crippen molar-refractivity contribution in [3.05, 3.63) is 0 Å². The van der Waals surface area contributed by atoms with E-state index in [4.69, 9.17) is 17.5 Å². The van der Waals surface area contributed by atoms with Crippen molar-refractivity contribution in [1.82, 2.24) is 0 Å². The van der Waals surface area contributed by atoms with Gasteiger partial charge >= 0.3 is 10.4 Å². The van der Waals surface area contributed by atoms with Gasteiger partial charge < -0.3 is 5.48 Å². The van der Waals surface area contributed by atoms with E-state index in [1.165, 1.54) is 0 Å². The third kappa shape index (κ3) is 983. The quantitative estimate of drug-likeness (QED) is 0.343. The molecule has 48 valence electrons. The number of hydrogen-bond donors (Lipinski definition) is 2. The Balaban J connectivity index is -0.0000000800. The molecule has 0 radical (unpaired) electrons. The van der Waals surface area contributed by atoms with Crippen molar-refractivity contribution in [1.29, 1.82) is 0 Å². The van der Waals surface area contributed by atoms with Crippen LogP contribution in [0, 0.1) is 0 Å². The van der Waals surface area contributed by atoms with Crippen molar-refractivity contribution in [2.45, 2.75) is 0 Å². The van der Waals surface area contributed by atoms with Gasteiger partial charge in [0.15, 0.2) is 0 Å². The Morgan fingerprint density at radius 2 is 1.14 bits per heavy atom. The van der Waals surface area contributed by atoms with E-state index in [1.807, 2.05) is 0 Å². The molecule has 0 amide bonds. The van der Waals surface area contributed by atoms with E-state index in [9.17, 15) is 0 Å². The average molecular weight is 172 g/mol. The predicted octanol–water partition coefficient (Wildman–Crippen LogP) is -1.48. The molecule has 0 saturated heterocycles. The van der Waals surface area contributed by atoms with E-state index in [0.717, 1.165) is 0 Å². The van der Waals surface area contributed by atoms with Crippen LogP contribution in [-0.2, 0) is 27.5 Å². The van der Waals surface area contributed by atoms with Gasteiger partial charge in [-0.3, -0.25) is 9.11 Å². The second-order valence-corrected chi connectivity index (χ2v) is 1.34. The smallest absolute Gasteiger partial charge is 0.394 e. The Morgan fingerprint density at radius 3 is 1.14 bits per heavy atom. The molecule has 0 aromatic heterocycles. The molecule has 0 spiro atoms. The second kappa shape index (κ2) is 4.51. The maximum Gasteiger partial charge on any atom is 0.394 e. The fraction of sp³-hybridized carbons (Fsp3) is 0. The topological polar surface area (TPSA) is 106 Å². The summed E-state index contributed by atoms with van der Waals surface area (Å²) < 4.78 is 31.6. The molecule has 5 nitrogen and oxygen atoms in total. The summed E-state index contributed by atoms with van der Waals surface area (Å²) >= 11 is 0. The van der Waals surface area contributed by atoms with Crippen molar-refractivity contribution < 1.29 is 40.1 Å². The van der Waals surface area contributed by atoms with Crippen molar-refractivity contribution in [3.8, 4) is 0 Å². The van der Waals surface area contributed by atoms with Crippen LogP contribution in [0.1, 0.15) is 0 Å². The van der Waals surface area contributed by atoms with Crippen LogP contribution in [0.3, 0.4) is 0 Å². The number of hydrogen-bond acceptors (Lipinski definition) is 2. The van der Waals surface area contributed by atoms with Gasteiger partial charge in [0.1, 0.15) is 0 Å². The van der Waals surface area contributed by atoms with Crippen LogP contribution < -0.4 is 0 Å². The maximum atomic E-state index is 8.74. The first-order valence-electron chi connectivity index (χ1n) is 0.698. The van der Waals surface area contributed by atoms with E-state index in [2.05, 4.69) is 0 Å². The third-order valence-corrected chi connectivity index (χ3v) is 0. The van der Waals surface area contributed by atoms with Crippen LogP contribution in [0.4, 0.5) is 0 Å². The first-order chi connectivity index (χ1) is 2.00. The molecule has 0 saturated carbocycles. The zero-order valence-corrected chi connectivity index (χ0v) is 4.89. The summed E-state index contributed by atoms with van der Waals surface area (Å²) in [5.74, 6) is 0. The van der Waals surface area contributed by atoms with Gasteiger partial charge in [0.25, 0.3) is 0 Å². The molecule has 7 heavy (non-hydrogen) atoms. The van der Waals surface area contributed by atoms with Gasteiger partial charge in [-0.25, -0.2) is 0 Å². The fourth-order valence-electron chi connectivity index (χ4n) is 0. The van der Waals surface area contributed by atoms with Gasteiger partial charge in [0, 0.05) is 17.1 Å². The summed E-state index contributed by atoms with van der Waals surface area (Å²) in [5.41, 5.74) is 0. The van der Waals surface area contributed by atoms with E-state index >= 15 is 0 Å². The first-order valence-corrected chi connectivity index (χ1v) is 2.10. The average Bonchev–Trinajstić information content (AvgIpc) is 0.722. The molecule has 0 bridgehead atoms. The van der Waals surface area contributed by atoms with Crippen LogP contribution in [0.5, 0.6) is 0 Å². The minimum atomic E-state index is -4.67. The van der Waals surface area contributed by atoms with E-state index in [-0.39, 0.29) is 22.5 Å². The Kier molecular flexibility index (Phi) is 10.1. The standard InChI is InChI=1S/Fe.H2O4S.H2O/c;1-5(2,3)4;/h;(H2,1,2,3,4);1H2. The predicted molar refractivity (Wildman–Crippen MR) is 17.8 cm³/mol. The van der Waals surface area contributed by atoms with Gasteiger partial charge in [-0.2, -0.15) is 8.42 Å². The Bertz CT molecular complexity index is 91.2. The molecular formula is H4FeO5S. The molecule has 0 aliphatic carbocycles. The molecule has 0 heterocycles. The van der Waals surface area contributed by atoms with E-state index < -0.39 is 10.4 Å². The first kappa shape index (κ1) is 15.7. The molecule has 0 aromatic rings. The van der Waals surface area contributed by atoms with Crippen LogP contribution in [0.2, 0.25) is 0 Å². The summed E-state index contributed by atoms with van der Waals surface area (Å²) in [6.07, 6.45) is 0. The minimum Gasteiger partial charge on any atom is -0.412 e. The molecule has 0 atom stereocenters. The second-order valence-electron chi connectivity index (χ2n) is 0.448. The van der Waals surface area contributed by atoms with Crippen molar-refractivity contribution >= 4 is 10.4 Å². The Labute approximate surface area is 51.1 Å². The van der Waals surface area contributed by atoms with Crippen molar-refractivity contribution in [2.24, 2.45) is 0 Å². The van der Waals surface area contributed by atoms with Gasteiger partial charge in [-0.15, -0.1) is 0 Å². The summed E-state index contributed by atoms with van der Waals surface area (Å²) in [4.78, 5) is 0. The SMILES string of the molecule is O.O=S(=O)(O)O.[Fe]. The molecule has 7 heteroatoms. The summed E-state index contributed by atoms with van der Waals surface area (Å²) in [7, 11) is -4.67. The molecular weight excluding hydrogens is 168 g/mol. The Morgan fingerprint density at radius 1 is 1.14 bits per heavy atom. The zero-order chi connectivity index (χ0) is 4.50. The molecule has 0 aromatic carbocycles. The normalized spacial score (nSPS) is 8.29. The van der Waals surface area contributed by atoms with Crippen molar-refractivity contribution in [2.75, 3.05) is 0 Å². The molecule has 0 aliphatic rings. The fourth-order valence-corrected chi connectivity index (χ4v) is 0. The van der Waals surface area contributed by atoms with Crippen LogP contribution in [0.25, 0.3) is 0 Å². The monoisotopic (exact) mass is 172 g/mol. The van der Waals surface area contributed by atoms with Crippen molar-refractivity contribution in [3.63, 3.8) is 0 Å². The van der Waals surface area contributed by atoms with Gasteiger partial charge in [0.05, 0.1) is 0 Å². The maximum absolute atomic E-state index is 8.74. The summed E-state index contributed by atoms with van der Waals surface area (Å²) in [6.45, 7) is 0. The van der Waals surface area contributed by atoms with Gasteiger partial charge in [0.2, 0.25) is 0 Å². The molecule has 0 unspecified atom stereocenters. The summed E-state index contributed by atoms with van der Waals surface area (Å²) in [5, 5.41) is 0. The molecule has 0 rings (SSSR count). The largest absolute Gasteiger partial charge is 0.412 e. The van der Waals surface area contributed by atoms with E-state index in [1.54, 1.807) is 0 Å². The summed E-state index contributed by atoms with van der Waals surface area (Å²) in [6, 6.07) is 0. The third-order valence-electron chi connectivity index (χ3n) is 0. The molecule has 0 fully saturated rings. The van der Waals surface area contributed by atoms with Gasteiger partial charge in [-0.1, -0.05) is 0 Å². The van der Waals surface area contributed by atoms with Crippen LogP contribution in [0.15, 0.2) is 0 Å².